The summed E-state index contributed by atoms with van der Waals surface area (Å²) >= 11 is 6.26. The monoisotopic (exact) mass is 518 g/mol. The Morgan fingerprint density at radius 2 is 1.81 bits per heavy atom. The van der Waals surface area contributed by atoms with E-state index in [-0.39, 0.29) is 33.3 Å². The molecule has 1 amide bonds. The van der Waals surface area contributed by atoms with Gasteiger partial charge < -0.3 is 14.6 Å². The Bertz CT molecular complexity index is 1360. The molecule has 2 aromatic carbocycles. The van der Waals surface area contributed by atoms with Crippen LogP contribution in [-0.4, -0.2) is 35.3 Å². The number of anilines is 1. The number of methoxy groups -OCH3 is 1. The third-order valence-corrected chi connectivity index (χ3v) is 5.69. The van der Waals surface area contributed by atoms with E-state index >= 15 is 0 Å². The zero-order chi connectivity index (χ0) is 26.2. The first-order valence-corrected chi connectivity index (χ1v) is 10.8. The van der Waals surface area contributed by atoms with Gasteiger partial charge in [0.2, 0.25) is 0 Å². The molecule has 11 heteroatoms. The predicted octanol–water partition coefficient (Wildman–Crippen LogP) is 5.58. The molecule has 1 aliphatic rings. The summed E-state index contributed by atoms with van der Waals surface area (Å²) in [6.45, 7) is 1.72. The van der Waals surface area contributed by atoms with Crippen molar-refractivity contribution >= 4 is 34.7 Å². The number of Topliss-reactive ketones (excluding diaryl/α,β-unsaturated/α-hetero) is 1. The lowest BCUT2D eigenvalue weighted by Crippen LogP contribution is -2.29. The molecule has 4 rings (SSSR count). The van der Waals surface area contributed by atoms with Crippen LogP contribution in [0.4, 0.5) is 18.9 Å². The first-order chi connectivity index (χ1) is 17.0. The van der Waals surface area contributed by atoms with Crippen LogP contribution in [0.25, 0.3) is 5.76 Å². The van der Waals surface area contributed by atoms with Crippen molar-refractivity contribution < 1.29 is 37.3 Å². The van der Waals surface area contributed by atoms with Crippen LogP contribution in [-0.2, 0) is 9.59 Å². The number of carbonyl (C=O) groups is 2. The number of hydrogen-bond donors (Lipinski definition) is 1. The molecular formula is C25H18ClF3N2O5. The van der Waals surface area contributed by atoms with E-state index in [0.29, 0.717) is 5.56 Å². The van der Waals surface area contributed by atoms with E-state index in [4.69, 9.17) is 16.3 Å². The largest absolute Gasteiger partial charge is 0.573 e. The summed E-state index contributed by atoms with van der Waals surface area (Å²) in [6.07, 6.45) is -3.45. The summed E-state index contributed by atoms with van der Waals surface area (Å²) in [7, 11) is 1.34. The number of aliphatic hydroxyl groups is 1. The molecule has 36 heavy (non-hydrogen) atoms. The van der Waals surface area contributed by atoms with E-state index in [1.165, 1.54) is 25.4 Å². The van der Waals surface area contributed by atoms with Crippen molar-refractivity contribution in [3.8, 4) is 11.5 Å². The number of amides is 1. The summed E-state index contributed by atoms with van der Waals surface area (Å²) in [5.41, 5.74) is 0.804. The van der Waals surface area contributed by atoms with Gasteiger partial charge >= 0.3 is 6.36 Å². The third kappa shape index (κ3) is 4.72. The second kappa shape index (κ2) is 9.54. The van der Waals surface area contributed by atoms with Gasteiger partial charge in [0.25, 0.3) is 11.7 Å². The van der Waals surface area contributed by atoms with Crippen molar-refractivity contribution in [1.82, 2.24) is 4.98 Å². The number of rotatable bonds is 5. The van der Waals surface area contributed by atoms with E-state index < -0.39 is 35.6 Å². The van der Waals surface area contributed by atoms with Gasteiger partial charge in [0.1, 0.15) is 23.3 Å². The smallest absolute Gasteiger partial charge is 0.507 e. The third-order valence-electron chi connectivity index (χ3n) is 5.41. The van der Waals surface area contributed by atoms with Crippen molar-refractivity contribution in [2.75, 3.05) is 12.0 Å². The topological polar surface area (TPSA) is 89.0 Å². The highest BCUT2D eigenvalue weighted by atomic mass is 35.5. The minimum Gasteiger partial charge on any atom is -0.507 e. The normalized spacial score (nSPS) is 17.4. The molecule has 1 atom stereocenters. The molecule has 0 bridgehead atoms. The Hall–Kier alpha value is -4.05. The maximum atomic E-state index is 13.2. The Morgan fingerprint density at radius 1 is 1.11 bits per heavy atom. The van der Waals surface area contributed by atoms with Crippen LogP contribution in [0.3, 0.4) is 0 Å². The summed E-state index contributed by atoms with van der Waals surface area (Å²) < 4.78 is 46.9. The Labute approximate surface area is 208 Å². The molecule has 3 aromatic rings. The maximum absolute atomic E-state index is 13.2. The number of ketones is 1. The fourth-order valence-corrected chi connectivity index (χ4v) is 4.33. The van der Waals surface area contributed by atoms with Gasteiger partial charge in [-0.2, -0.15) is 0 Å². The molecule has 7 nitrogen and oxygen atoms in total. The number of nitrogens with zero attached hydrogens (tertiary/aromatic N) is 2. The van der Waals surface area contributed by atoms with Crippen LogP contribution in [0.1, 0.15) is 22.9 Å². The van der Waals surface area contributed by atoms with Crippen LogP contribution >= 0.6 is 11.6 Å². The average Bonchev–Trinajstić information content (AvgIpc) is 3.09. The molecule has 0 spiro atoms. The molecule has 186 valence electrons. The van der Waals surface area contributed by atoms with E-state index in [9.17, 15) is 27.9 Å². The van der Waals surface area contributed by atoms with Crippen molar-refractivity contribution in [2.45, 2.75) is 19.3 Å². The molecule has 1 aliphatic heterocycles. The standard InChI is InChI=1S/C25H18ClF3N2O5/c1-13-11-16(23(35-2)17(26)12-13)21(32)19-20(18-5-3-4-10-30-18)31(24(34)22(19)33)14-6-8-15(9-7-14)36-25(27,28)29/h3-12,20,32H,1-2H3/b21-19+. The maximum Gasteiger partial charge on any atom is 0.573 e. The number of alkyl halides is 3. The van der Waals surface area contributed by atoms with Gasteiger partial charge in [0.05, 0.1) is 29.0 Å². The molecule has 2 heterocycles. The number of aryl methyl sites for hydroxylation is 1. The number of ether oxygens (including phenoxy) is 2. The number of carbonyl (C=O) groups excluding carboxylic acids is 2. The highest BCUT2D eigenvalue weighted by molar-refractivity contribution is 6.51. The summed E-state index contributed by atoms with van der Waals surface area (Å²) in [4.78, 5) is 31.7. The van der Waals surface area contributed by atoms with Gasteiger partial charge in [-0.25, -0.2) is 0 Å². The molecular weight excluding hydrogens is 501 g/mol. The number of aromatic nitrogens is 1. The van der Waals surface area contributed by atoms with E-state index in [0.717, 1.165) is 17.0 Å². The Kier molecular flexibility index (Phi) is 6.64. The van der Waals surface area contributed by atoms with E-state index in [1.807, 2.05) is 0 Å². The van der Waals surface area contributed by atoms with Gasteiger partial charge in [-0.05, 0) is 61.0 Å². The lowest BCUT2D eigenvalue weighted by molar-refractivity contribution is -0.274. The number of halogens is 4. The van der Waals surface area contributed by atoms with Crippen LogP contribution in [0.2, 0.25) is 5.02 Å². The summed E-state index contributed by atoms with van der Waals surface area (Å²) in [5.74, 6) is -2.96. The highest BCUT2D eigenvalue weighted by Crippen LogP contribution is 2.44. The van der Waals surface area contributed by atoms with Gasteiger partial charge in [-0.3, -0.25) is 19.5 Å². The zero-order valence-corrected chi connectivity index (χ0v) is 19.6. The lowest BCUT2D eigenvalue weighted by Gasteiger charge is -2.25. The summed E-state index contributed by atoms with van der Waals surface area (Å²) in [5, 5.41) is 11.5. The molecule has 1 unspecified atom stereocenters. The Morgan fingerprint density at radius 3 is 2.39 bits per heavy atom. The van der Waals surface area contributed by atoms with Crippen LogP contribution in [0.15, 0.2) is 66.4 Å². The first-order valence-electron chi connectivity index (χ1n) is 10.4. The Balaban J connectivity index is 1.90. The number of aliphatic hydroxyl groups excluding tert-OH is 1. The van der Waals surface area contributed by atoms with Crippen LogP contribution < -0.4 is 14.4 Å². The van der Waals surface area contributed by atoms with Crippen molar-refractivity contribution in [3.05, 3.63) is 88.2 Å². The minimum atomic E-state index is -4.90. The molecule has 1 aromatic heterocycles. The second-order valence-electron chi connectivity index (χ2n) is 7.79. The number of benzene rings is 2. The van der Waals surface area contributed by atoms with Gasteiger partial charge in [0, 0.05) is 11.9 Å². The van der Waals surface area contributed by atoms with Crippen LogP contribution in [0.5, 0.6) is 11.5 Å². The highest BCUT2D eigenvalue weighted by Gasteiger charge is 2.48. The zero-order valence-electron chi connectivity index (χ0n) is 18.8. The SMILES string of the molecule is COc1c(Cl)cc(C)cc1/C(O)=C1\C(=O)C(=O)N(c2ccc(OC(F)(F)F)cc2)C1c1ccccn1. The average molecular weight is 519 g/mol. The van der Waals surface area contributed by atoms with Gasteiger partial charge in [0.15, 0.2) is 0 Å². The molecule has 0 aliphatic carbocycles. The molecule has 0 saturated carbocycles. The minimum absolute atomic E-state index is 0.0929. The van der Waals surface area contributed by atoms with Crippen molar-refractivity contribution in [1.29, 1.82) is 0 Å². The van der Waals surface area contributed by atoms with Gasteiger partial charge in [-0.1, -0.05) is 17.7 Å². The molecule has 1 fully saturated rings. The second-order valence-corrected chi connectivity index (χ2v) is 8.20. The molecule has 1 saturated heterocycles. The lowest BCUT2D eigenvalue weighted by atomic mass is 9.97. The molecule has 1 N–H and O–H groups in total. The fourth-order valence-electron chi connectivity index (χ4n) is 3.98. The fraction of sp³-hybridized carbons (Fsp3) is 0.160. The first kappa shape index (κ1) is 25.1. The van der Waals surface area contributed by atoms with Crippen molar-refractivity contribution in [2.24, 2.45) is 0 Å². The van der Waals surface area contributed by atoms with E-state index in [1.54, 1.807) is 37.3 Å². The van der Waals surface area contributed by atoms with E-state index in [2.05, 4.69) is 9.72 Å². The number of pyridine rings is 1. The number of hydrogen-bond acceptors (Lipinski definition) is 6. The predicted molar refractivity (Wildman–Crippen MR) is 125 cm³/mol. The van der Waals surface area contributed by atoms with Crippen LogP contribution in [0, 0.1) is 6.92 Å². The molecule has 0 radical (unpaired) electrons. The summed E-state index contributed by atoms with van der Waals surface area (Å²) in [6, 6.07) is 11.2. The van der Waals surface area contributed by atoms with Crippen molar-refractivity contribution in [3.63, 3.8) is 0 Å². The van der Waals surface area contributed by atoms with Gasteiger partial charge in [-0.15, -0.1) is 13.2 Å². The quantitative estimate of drug-likeness (QED) is 0.269.